The number of carbonyl (C=O) groups is 1. The fraction of sp³-hybridized carbons (Fsp3) is 0.200. The van der Waals surface area contributed by atoms with Crippen LogP contribution in [0.5, 0.6) is 0 Å². The molecule has 0 aliphatic heterocycles. The summed E-state index contributed by atoms with van der Waals surface area (Å²) in [4.78, 5) is 11.2. The van der Waals surface area contributed by atoms with Gasteiger partial charge in [-0.3, -0.25) is 5.32 Å². The Labute approximate surface area is 92.4 Å². The fourth-order valence-electron chi connectivity index (χ4n) is 0.900. The maximum atomic E-state index is 11.2. The molecule has 0 heterocycles. The molecule has 1 atom stereocenters. The minimum Gasteiger partial charge on any atom is -0.431 e. The lowest BCUT2D eigenvalue weighted by Gasteiger charge is -2.07. The highest BCUT2D eigenvalue weighted by atomic mass is 35.5. The third kappa shape index (κ3) is 3.88. The summed E-state index contributed by atoms with van der Waals surface area (Å²) in [5.74, 6) is 0. The number of nitriles is 1. The summed E-state index contributed by atoms with van der Waals surface area (Å²) in [5, 5.41) is 11.4. The van der Waals surface area contributed by atoms with Gasteiger partial charge in [-0.1, -0.05) is 17.7 Å². The first-order valence-electron chi connectivity index (χ1n) is 4.24. The number of nitrogens with one attached hydrogen (secondary N) is 1. The maximum absolute atomic E-state index is 11.2. The van der Waals surface area contributed by atoms with Crippen molar-refractivity contribution in [3.63, 3.8) is 0 Å². The van der Waals surface area contributed by atoms with Crippen LogP contribution in [0.25, 0.3) is 0 Å². The third-order valence-corrected chi connectivity index (χ3v) is 1.77. The van der Waals surface area contributed by atoms with Crippen LogP contribution >= 0.6 is 11.6 Å². The predicted octanol–water partition coefficient (Wildman–Crippen LogP) is 2.80. The van der Waals surface area contributed by atoms with E-state index in [1.54, 1.807) is 30.3 Å². The molecule has 0 radical (unpaired) electrons. The normalized spacial score (nSPS) is 11.3. The molecule has 1 aromatic rings. The highest BCUT2D eigenvalue weighted by Crippen LogP contribution is 2.15. The third-order valence-electron chi connectivity index (χ3n) is 1.54. The van der Waals surface area contributed by atoms with Crippen LogP contribution < -0.4 is 5.32 Å². The van der Waals surface area contributed by atoms with Gasteiger partial charge in [0.25, 0.3) is 0 Å². The largest absolute Gasteiger partial charge is 0.431 e. The number of carbonyl (C=O) groups excluding carboxylic acids is 1. The van der Waals surface area contributed by atoms with Crippen molar-refractivity contribution in [3.05, 3.63) is 29.3 Å². The van der Waals surface area contributed by atoms with E-state index in [0.29, 0.717) is 10.7 Å². The van der Waals surface area contributed by atoms with Crippen molar-refractivity contribution in [2.75, 3.05) is 5.32 Å². The molecular formula is C10H9ClN2O2. The molecule has 0 saturated heterocycles. The van der Waals surface area contributed by atoms with E-state index in [4.69, 9.17) is 16.9 Å². The molecule has 1 aromatic carbocycles. The minimum atomic E-state index is -0.774. The van der Waals surface area contributed by atoms with Gasteiger partial charge in [0.1, 0.15) is 6.07 Å². The van der Waals surface area contributed by atoms with Gasteiger partial charge < -0.3 is 4.74 Å². The number of rotatable bonds is 2. The molecule has 1 N–H and O–H groups in total. The van der Waals surface area contributed by atoms with Gasteiger partial charge in [0.2, 0.25) is 0 Å². The Kier molecular flexibility index (Phi) is 3.95. The van der Waals surface area contributed by atoms with Gasteiger partial charge >= 0.3 is 6.09 Å². The number of amides is 1. The van der Waals surface area contributed by atoms with Crippen LogP contribution in [0, 0.1) is 11.3 Å². The van der Waals surface area contributed by atoms with Crippen molar-refractivity contribution in [2.45, 2.75) is 13.0 Å². The molecule has 5 heteroatoms. The first kappa shape index (κ1) is 11.3. The zero-order valence-corrected chi connectivity index (χ0v) is 8.78. The first-order chi connectivity index (χ1) is 7.11. The molecule has 15 heavy (non-hydrogen) atoms. The lowest BCUT2D eigenvalue weighted by atomic mass is 10.3. The van der Waals surface area contributed by atoms with Crippen molar-refractivity contribution < 1.29 is 9.53 Å². The number of anilines is 1. The van der Waals surface area contributed by atoms with Gasteiger partial charge in [-0.05, 0) is 25.1 Å². The molecular weight excluding hydrogens is 216 g/mol. The van der Waals surface area contributed by atoms with E-state index in [1.807, 2.05) is 0 Å². The molecule has 0 bridgehead atoms. The summed E-state index contributed by atoms with van der Waals surface area (Å²) in [6, 6.07) is 8.43. The highest BCUT2D eigenvalue weighted by Gasteiger charge is 2.07. The van der Waals surface area contributed by atoms with Crippen molar-refractivity contribution >= 4 is 23.4 Å². The summed E-state index contributed by atoms with van der Waals surface area (Å²) in [6.07, 6.45) is -1.45. The Morgan fingerprint density at radius 2 is 2.40 bits per heavy atom. The van der Waals surface area contributed by atoms with E-state index in [9.17, 15) is 4.79 Å². The number of hydrogen-bond donors (Lipinski definition) is 1. The van der Waals surface area contributed by atoms with Gasteiger partial charge in [0.15, 0.2) is 6.10 Å². The summed E-state index contributed by atoms with van der Waals surface area (Å²) in [7, 11) is 0. The van der Waals surface area contributed by atoms with Crippen molar-refractivity contribution in [2.24, 2.45) is 0 Å². The van der Waals surface area contributed by atoms with E-state index in [2.05, 4.69) is 10.1 Å². The first-order valence-corrected chi connectivity index (χ1v) is 4.62. The average Bonchev–Trinajstić information content (AvgIpc) is 2.17. The van der Waals surface area contributed by atoms with Gasteiger partial charge in [-0.15, -0.1) is 0 Å². The molecule has 1 unspecified atom stereocenters. The summed E-state index contributed by atoms with van der Waals surface area (Å²) in [5.41, 5.74) is 0.526. The molecule has 4 nitrogen and oxygen atoms in total. The Bertz CT molecular complexity index is 401. The molecule has 0 aliphatic rings. The Hall–Kier alpha value is -1.73. The molecule has 0 spiro atoms. The Morgan fingerprint density at radius 3 is 3.00 bits per heavy atom. The topological polar surface area (TPSA) is 62.1 Å². The van der Waals surface area contributed by atoms with Crippen LogP contribution in [-0.4, -0.2) is 12.2 Å². The molecule has 0 saturated carbocycles. The van der Waals surface area contributed by atoms with Gasteiger partial charge in [-0.2, -0.15) is 5.26 Å². The molecule has 0 fully saturated rings. The van der Waals surface area contributed by atoms with Crippen LogP contribution in [0.1, 0.15) is 6.92 Å². The van der Waals surface area contributed by atoms with Crippen molar-refractivity contribution in [1.29, 1.82) is 5.26 Å². The number of hydrogen-bond acceptors (Lipinski definition) is 3. The molecule has 1 amide bonds. The minimum absolute atomic E-state index is 0.515. The van der Waals surface area contributed by atoms with E-state index in [0.717, 1.165) is 0 Å². The average molecular weight is 225 g/mol. The van der Waals surface area contributed by atoms with Crippen molar-refractivity contribution in [1.82, 2.24) is 0 Å². The Morgan fingerprint density at radius 1 is 1.67 bits per heavy atom. The zero-order chi connectivity index (χ0) is 11.3. The second kappa shape index (κ2) is 5.23. The lowest BCUT2D eigenvalue weighted by molar-refractivity contribution is 0.144. The molecule has 0 aliphatic carbocycles. The highest BCUT2D eigenvalue weighted by molar-refractivity contribution is 6.30. The number of ether oxygens (including phenoxy) is 1. The summed E-state index contributed by atoms with van der Waals surface area (Å²) in [6.45, 7) is 1.48. The lowest BCUT2D eigenvalue weighted by Crippen LogP contribution is -2.18. The quantitative estimate of drug-likeness (QED) is 0.840. The smallest absolute Gasteiger partial charge is 0.412 e. The van der Waals surface area contributed by atoms with E-state index in [1.165, 1.54) is 6.92 Å². The summed E-state index contributed by atoms with van der Waals surface area (Å²) < 4.78 is 4.69. The summed E-state index contributed by atoms with van der Waals surface area (Å²) >= 11 is 5.72. The van der Waals surface area contributed by atoms with Gasteiger partial charge in [0.05, 0.1) is 0 Å². The molecule has 1 rings (SSSR count). The molecule has 78 valence electrons. The zero-order valence-electron chi connectivity index (χ0n) is 8.03. The number of halogens is 1. The van der Waals surface area contributed by atoms with Crippen LogP contribution in [0.2, 0.25) is 5.02 Å². The maximum Gasteiger partial charge on any atom is 0.412 e. The fourth-order valence-corrected chi connectivity index (χ4v) is 1.09. The number of benzene rings is 1. The standard InChI is InChI=1S/C10H9ClN2O2/c1-7(6-12)15-10(14)13-9-4-2-3-8(11)5-9/h2-5,7H,1H3,(H,13,14). The number of nitrogens with zero attached hydrogens (tertiary/aromatic N) is 1. The second-order valence-corrected chi connectivity index (χ2v) is 3.25. The van der Waals surface area contributed by atoms with Crippen LogP contribution in [0.4, 0.5) is 10.5 Å². The van der Waals surface area contributed by atoms with Crippen LogP contribution in [0.3, 0.4) is 0 Å². The van der Waals surface area contributed by atoms with E-state index < -0.39 is 12.2 Å². The Balaban J connectivity index is 2.56. The van der Waals surface area contributed by atoms with Crippen molar-refractivity contribution in [3.8, 4) is 6.07 Å². The SMILES string of the molecule is CC(C#N)OC(=O)Nc1cccc(Cl)c1. The monoisotopic (exact) mass is 224 g/mol. The van der Waals surface area contributed by atoms with E-state index in [-0.39, 0.29) is 0 Å². The van der Waals surface area contributed by atoms with Gasteiger partial charge in [-0.25, -0.2) is 4.79 Å². The van der Waals surface area contributed by atoms with E-state index >= 15 is 0 Å². The predicted molar refractivity (Wildman–Crippen MR) is 56.6 cm³/mol. The van der Waals surface area contributed by atoms with Gasteiger partial charge in [0, 0.05) is 10.7 Å². The second-order valence-electron chi connectivity index (χ2n) is 2.81. The molecule has 0 aromatic heterocycles. The van der Waals surface area contributed by atoms with Crippen LogP contribution in [-0.2, 0) is 4.74 Å². The van der Waals surface area contributed by atoms with Crippen LogP contribution in [0.15, 0.2) is 24.3 Å².